The second-order valence-corrected chi connectivity index (χ2v) is 9.67. The summed E-state index contributed by atoms with van der Waals surface area (Å²) in [5, 5.41) is 3.06. The summed E-state index contributed by atoms with van der Waals surface area (Å²) in [4.78, 5) is 35.8. The van der Waals surface area contributed by atoms with E-state index in [1.165, 1.54) is 18.2 Å². The van der Waals surface area contributed by atoms with Crippen molar-refractivity contribution in [2.24, 2.45) is 0 Å². The van der Waals surface area contributed by atoms with Crippen molar-refractivity contribution in [1.82, 2.24) is 20.2 Å². The first-order valence-electron chi connectivity index (χ1n) is 13.0. The maximum atomic E-state index is 13.0. The number of nitrogens with one attached hydrogen (secondary N) is 1. The lowest BCUT2D eigenvalue weighted by atomic mass is 9.93. The molecule has 0 radical (unpaired) electrons. The van der Waals surface area contributed by atoms with Crippen LogP contribution in [0.3, 0.4) is 0 Å². The van der Waals surface area contributed by atoms with Crippen molar-refractivity contribution < 1.29 is 28.5 Å². The molecule has 0 spiro atoms. The molecule has 0 aliphatic carbocycles. The van der Waals surface area contributed by atoms with Crippen LogP contribution in [-0.2, 0) is 15.9 Å². The van der Waals surface area contributed by atoms with Crippen molar-refractivity contribution >= 4 is 11.8 Å². The second kappa shape index (κ2) is 12.2. The quantitative estimate of drug-likeness (QED) is 0.441. The first-order valence-corrected chi connectivity index (χ1v) is 13.0. The van der Waals surface area contributed by atoms with Gasteiger partial charge in [0.05, 0.1) is 30.4 Å². The van der Waals surface area contributed by atoms with E-state index in [0.29, 0.717) is 43.2 Å². The summed E-state index contributed by atoms with van der Waals surface area (Å²) in [6, 6.07) is 10.8. The fraction of sp³-hybridized carbons (Fsp3) is 0.379. The van der Waals surface area contributed by atoms with E-state index < -0.39 is 0 Å². The standard InChI is InChI=1S/C29H32N4O6/c1-33(18-36-2)29(35)21-12-20(14-30-15-21)24-4-3-5-26-25(24)13-22(17-38-26)32-28(34)19-6-7-27(31-16-19)39-23-8-10-37-11-9-23/h3-7,12,14-16,22-23H,8-11,13,17-18H2,1-2H3,(H,32,34)/t22-/m0/s1. The number of benzene rings is 1. The van der Waals surface area contributed by atoms with Crippen LogP contribution in [0.4, 0.5) is 0 Å². The van der Waals surface area contributed by atoms with Crippen molar-refractivity contribution in [2.75, 3.05) is 40.7 Å². The predicted molar refractivity (Wildman–Crippen MR) is 143 cm³/mol. The van der Waals surface area contributed by atoms with Gasteiger partial charge < -0.3 is 29.2 Å². The molecule has 2 aromatic heterocycles. The summed E-state index contributed by atoms with van der Waals surface area (Å²) in [5.74, 6) is 0.837. The van der Waals surface area contributed by atoms with E-state index in [2.05, 4.69) is 15.3 Å². The average Bonchev–Trinajstić information content (AvgIpc) is 2.97. The highest BCUT2D eigenvalue weighted by molar-refractivity contribution is 5.95. The topological polar surface area (TPSA) is 112 Å². The molecule has 1 saturated heterocycles. The Bertz CT molecular complexity index is 1310. The summed E-state index contributed by atoms with van der Waals surface area (Å²) < 4.78 is 22.3. The lowest BCUT2D eigenvalue weighted by molar-refractivity contribution is 0.0237. The molecule has 10 nitrogen and oxygen atoms in total. The van der Waals surface area contributed by atoms with Crippen LogP contribution in [0.2, 0.25) is 0 Å². The first-order chi connectivity index (χ1) is 19.0. The molecule has 2 aliphatic heterocycles. The molecule has 0 bridgehead atoms. The summed E-state index contributed by atoms with van der Waals surface area (Å²) in [6.07, 6.45) is 7.10. The maximum Gasteiger partial charge on any atom is 0.256 e. The third-order valence-electron chi connectivity index (χ3n) is 6.78. The van der Waals surface area contributed by atoms with Crippen LogP contribution in [0.15, 0.2) is 55.0 Å². The van der Waals surface area contributed by atoms with Crippen molar-refractivity contribution in [3.63, 3.8) is 0 Å². The van der Waals surface area contributed by atoms with Crippen LogP contribution in [0, 0.1) is 0 Å². The van der Waals surface area contributed by atoms with E-state index in [1.807, 2.05) is 24.3 Å². The minimum Gasteiger partial charge on any atom is -0.491 e. The monoisotopic (exact) mass is 532 g/mol. The van der Waals surface area contributed by atoms with Crippen LogP contribution >= 0.6 is 0 Å². The summed E-state index contributed by atoms with van der Waals surface area (Å²) >= 11 is 0. The summed E-state index contributed by atoms with van der Waals surface area (Å²) in [6.45, 7) is 1.90. The van der Waals surface area contributed by atoms with Crippen molar-refractivity contribution in [1.29, 1.82) is 0 Å². The number of pyridine rings is 2. The highest BCUT2D eigenvalue weighted by Gasteiger charge is 2.25. The van der Waals surface area contributed by atoms with E-state index in [4.69, 9.17) is 18.9 Å². The van der Waals surface area contributed by atoms with E-state index >= 15 is 0 Å². The number of amides is 2. The number of carbonyl (C=O) groups excluding carboxylic acids is 2. The van der Waals surface area contributed by atoms with Gasteiger partial charge in [0.15, 0.2) is 0 Å². The molecule has 1 atom stereocenters. The van der Waals surface area contributed by atoms with Gasteiger partial charge in [0.25, 0.3) is 11.8 Å². The highest BCUT2D eigenvalue weighted by Crippen LogP contribution is 2.34. The van der Waals surface area contributed by atoms with E-state index in [1.54, 1.807) is 31.6 Å². The smallest absolute Gasteiger partial charge is 0.256 e. The Morgan fingerprint density at radius 2 is 1.95 bits per heavy atom. The Labute approximate surface area is 227 Å². The molecule has 1 aromatic carbocycles. The van der Waals surface area contributed by atoms with E-state index in [-0.39, 0.29) is 30.7 Å². The van der Waals surface area contributed by atoms with Crippen molar-refractivity contribution in [2.45, 2.75) is 31.4 Å². The molecule has 4 heterocycles. The van der Waals surface area contributed by atoms with Crippen molar-refractivity contribution in [3.05, 3.63) is 71.7 Å². The number of ether oxygens (including phenoxy) is 4. The molecule has 1 N–H and O–H groups in total. The fourth-order valence-electron chi connectivity index (χ4n) is 4.76. The lowest BCUT2D eigenvalue weighted by Crippen LogP contribution is -2.42. The lowest BCUT2D eigenvalue weighted by Gasteiger charge is -2.28. The molecule has 5 rings (SSSR count). The average molecular weight is 533 g/mol. The minimum atomic E-state index is -0.241. The van der Waals surface area contributed by atoms with Gasteiger partial charge in [0.1, 0.15) is 25.2 Å². The van der Waals surface area contributed by atoms with Gasteiger partial charge in [-0.3, -0.25) is 14.6 Å². The number of nitrogens with zero attached hydrogens (tertiary/aromatic N) is 3. The number of fused-ring (bicyclic) bond motifs is 1. The van der Waals surface area contributed by atoms with E-state index in [0.717, 1.165) is 35.3 Å². The Hall–Kier alpha value is -4.02. The van der Waals surface area contributed by atoms with Crippen LogP contribution in [-0.4, -0.2) is 79.5 Å². The molecule has 39 heavy (non-hydrogen) atoms. The zero-order valence-electron chi connectivity index (χ0n) is 22.1. The van der Waals surface area contributed by atoms with Crippen LogP contribution in [0.25, 0.3) is 11.1 Å². The van der Waals surface area contributed by atoms with Crippen LogP contribution < -0.4 is 14.8 Å². The minimum absolute atomic E-state index is 0.0832. The molecule has 1 fully saturated rings. The van der Waals surface area contributed by atoms with Gasteiger partial charge in [-0.05, 0) is 23.8 Å². The molecule has 2 amide bonds. The molecule has 10 heteroatoms. The Morgan fingerprint density at radius 1 is 1.10 bits per heavy atom. The molecule has 2 aliphatic rings. The third kappa shape index (κ3) is 6.35. The third-order valence-corrected chi connectivity index (χ3v) is 6.78. The highest BCUT2D eigenvalue weighted by atomic mass is 16.5. The number of carbonyl (C=O) groups is 2. The molecule has 3 aromatic rings. The number of rotatable bonds is 8. The Balaban J connectivity index is 1.27. The van der Waals surface area contributed by atoms with Gasteiger partial charge in [-0.1, -0.05) is 12.1 Å². The molecule has 204 valence electrons. The zero-order valence-corrected chi connectivity index (χ0v) is 22.1. The summed E-state index contributed by atoms with van der Waals surface area (Å²) in [5.41, 5.74) is 3.55. The Morgan fingerprint density at radius 3 is 2.72 bits per heavy atom. The summed E-state index contributed by atoms with van der Waals surface area (Å²) in [7, 11) is 3.21. The molecular weight excluding hydrogens is 500 g/mol. The van der Waals surface area contributed by atoms with Gasteiger partial charge in [0.2, 0.25) is 5.88 Å². The SMILES string of the molecule is COCN(C)C(=O)c1cncc(-c2cccc3c2C[C@H](NC(=O)c2ccc(OC4CCOCC4)nc2)CO3)c1. The number of hydrogen-bond acceptors (Lipinski definition) is 8. The molecule has 0 unspecified atom stereocenters. The van der Waals surface area contributed by atoms with E-state index in [9.17, 15) is 9.59 Å². The van der Waals surface area contributed by atoms with Gasteiger partial charge >= 0.3 is 0 Å². The van der Waals surface area contributed by atoms with Crippen LogP contribution in [0.5, 0.6) is 11.6 Å². The predicted octanol–water partition coefficient (Wildman–Crippen LogP) is 3.11. The largest absolute Gasteiger partial charge is 0.491 e. The second-order valence-electron chi connectivity index (χ2n) is 9.67. The van der Waals surface area contributed by atoms with Gasteiger partial charge in [-0.25, -0.2) is 4.98 Å². The Kier molecular flexibility index (Phi) is 8.33. The van der Waals surface area contributed by atoms with Gasteiger partial charge in [-0.2, -0.15) is 0 Å². The normalized spacial score (nSPS) is 17.0. The van der Waals surface area contributed by atoms with Crippen molar-refractivity contribution in [3.8, 4) is 22.8 Å². The number of aromatic nitrogens is 2. The number of methoxy groups -OCH3 is 1. The fourth-order valence-corrected chi connectivity index (χ4v) is 4.76. The molecular formula is C29H32N4O6. The van der Waals surface area contributed by atoms with Crippen LogP contribution in [0.1, 0.15) is 39.1 Å². The maximum absolute atomic E-state index is 13.0. The zero-order chi connectivity index (χ0) is 27.2. The molecule has 0 saturated carbocycles. The van der Waals surface area contributed by atoms with Gasteiger partial charge in [0, 0.05) is 69.2 Å². The first kappa shape index (κ1) is 26.6. The van der Waals surface area contributed by atoms with Gasteiger partial charge in [-0.15, -0.1) is 0 Å². The number of hydrogen-bond donors (Lipinski definition) is 1.